The van der Waals surface area contributed by atoms with Crippen molar-refractivity contribution in [1.82, 2.24) is 25.2 Å². The fraction of sp³-hybridized carbons (Fsp3) is 0.357. The third-order valence-electron chi connectivity index (χ3n) is 7.36. The molecule has 1 fully saturated rings. The van der Waals surface area contributed by atoms with Crippen molar-refractivity contribution in [3.05, 3.63) is 89.8 Å². The summed E-state index contributed by atoms with van der Waals surface area (Å²) in [6.07, 6.45) is 11.8. The lowest BCUT2D eigenvalue weighted by Crippen LogP contribution is -2.51. The third kappa shape index (κ3) is 4.68. The molecule has 2 amide bonds. The van der Waals surface area contributed by atoms with Gasteiger partial charge in [-0.05, 0) is 41.7 Å². The molecule has 2 atom stereocenters. The molecule has 1 aliphatic carbocycles. The van der Waals surface area contributed by atoms with E-state index in [-0.39, 0.29) is 29.4 Å². The van der Waals surface area contributed by atoms with Crippen molar-refractivity contribution >= 4 is 17.9 Å². The maximum absolute atomic E-state index is 12.9. The fourth-order valence-corrected chi connectivity index (χ4v) is 5.52. The first-order valence-electron chi connectivity index (χ1n) is 12.5. The van der Waals surface area contributed by atoms with Gasteiger partial charge in [0.15, 0.2) is 0 Å². The third-order valence-corrected chi connectivity index (χ3v) is 7.36. The highest BCUT2D eigenvalue weighted by Gasteiger charge is 2.54. The predicted molar refractivity (Wildman–Crippen MR) is 136 cm³/mol. The Labute approximate surface area is 210 Å². The van der Waals surface area contributed by atoms with E-state index >= 15 is 0 Å². The van der Waals surface area contributed by atoms with Gasteiger partial charge in [-0.25, -0.2) is 4.98 Å². The Hall–Kier alpha value is -3.78. The largest absolute Gasteiger partial charge is 0.370 e. The van der Waals surface area contributed by atoms with E-state index in [0.29, 0.717) is 26.1 Å². The van der Waals surface area contributed by atoms with Crippen molar-refractivity contribution in [1.29, 1.82) is 0 Å². The van der Waals surface area contributed by atoms with E-state index in [2.05, 4.69) is 32.4 Å². The van der Waals surface area contributed by atoms with Gasteiger partial charge < -0.3 is 19.9 Å². The van der Waals surface area contributed by atoms with Crippen molar-refractivity contribution in [3.8, 4) is 0 Å². The Bertz CT molecular complexity index is 1220. The second kappa shape index (κ2) is 10.5. The molecule has 5 rings (SSSR count). The van der Waals surface area contributed by atoms with Crippen molar-refractivity contribution in [3.63, 3.8) is 0 Å². The summed E-state index contributed by atoms with van der Waals surface area (Å²) in [5, 5.41) is 3.23. The molecule has 36 heavy (non-hydrogen) atoms. The monoisotopic (exact) mass is 485 g/mol. The molecule has 0 unspecified atom stereocenters. The molecule has 8 nitrogen and oxygen atoms in total. The van der Waals surface area contributed by atoms with Crippen LogP contribution in [-0.2, 0) is 26.3 Å². The zero-order valence-corrected chi connectivity index (χ0v) is 20.4. The fourth-order valence-electron chi connectivity index (χ4n) is 5.52. The number of pyridine rings is 1. The first kappa shape index (κ1) is 23.9. The van der Waals surface area contributed by atoms with Crippen molar-refractivity contribution in [2.45, 2.75) is 50.4 Å². The van der Waals surface area contributed by atoms with Gasteiger partial charge in [-0.2, -0.15) is 0 Å². The van der Waals surface area contributed by atoms with Crippen LogP contribution in [0.2, 0.25) is 0 Å². The highest BCUT2D eigenvalue weighted by Crippen LogP contribution is 2.52. The Balaban J connectivity index is 1.40. The van der Waals surface area contributed by atoms with E-state index in [1.165, 1.54) is 5.56 Å². The molecular formula is C28H31N5O3. The maximum Gasteiger partial charge on any atom is 0.246 e. The highest BCUT2D eigenvalue weighted by molar-refractivity contribution is 5.91. The van der Waals surface area contributed by atoms with E-state index < -0.39 is 0 Å². The molecule has 0 radical (unpaired) electrons. The minimum atomic E-state index is -0.297. The van der Waals surface area contributed by atoms with E-state index in [9.17, 15) is 9.59 Å². The molecule has 1 aromatic carbocycles. The number of H-pyrrole nitrogens is 1. The van der Waals surface area contributed by atoms with Crippen LogP contribution < -0.4 is 5.32 Å². The highest BCUT2D eigenvalue weighted by atomic mass is 16.5. The molecule has 2 N–H and O–H groups in total. The second-order valence-electron chi connectivity index (χ2n) is 9.40. The number of rotatable bonds is 7. The van der Waals surface area contributed by atoms with Crippen LogP contribution in [0.5, 0.6) is 0 Å². The number of hydrogen-bond acceptors (Lipinski definition) is 5. The molecule has 1 saturated heterocycles. The number of hydrogen-bond donors (Lipinski definition) is 2. The Morgan fingerprint density at radius 2 is 2.00 bits per heavy atom. The molecule has 1 aliphatic heterocycles. The Kier molecular flexibility index (Phi) is 6.95. The summed E-state index contributed by atoms with van der Waals surface area (Å²) in [4.78, 5) is 38.5. The van der Waals surface area contributed by atoms with Crippen LogP contribution in [-0.4, -0.2) is 50.9 Å². The number of aromatic amines is 1. The number of aromatic nitrogens is 3. The standard InChI is InChI=1S/C28H31N5O3/c1-2-24(34)32-26-22-7-3-4-8-23(22)28(27(26)36-18-20-6-5-13-29-16-20)11-14-33(15-12-28)25(35)10-9-21-17-30-19-31-21/h3-10,13,16-17,19,26-27H,2,11-12,14-15,18H2,1H3,(H,30,31)(H,32,34)/b10-9+/t26-,27+/m0/s1. The number of imidazole rings is 1. The SMILES string of the molecule is CCC(=O)N[C@H]1c2ccccc2C2(CCN(C(=O)/C=C/c3cnc[nH]3)CC2)[C@@H]1OCc1cccnc1. The number of amides is 2. The van der Waals surface area contributed by atoms with Crippen LogP contribution in [0.25, 0.3) is 6.08 Å². The first-order valence-corrected chi connectivity index (χ1v) is 12.5. The zero-order chi connectivity index (χ0) is 25.0. The average Bonchev–Trinajstić information content (AvgIpc) is 3.53. The molecule has 0 bridgehead atoms. The number of likely N-dealkylation sites (tertiary alicyclic amines) is 1. The topological polar surface area (TPSA) is 100 Å². The van der Waals surface area contributed by atoms with Gasteiger partial charge in [0.25, 0.3) is 0 Å². The number of fused-ring (bicyclic) bond motifs is 2. The molecule has 0 saturated carbocycles. The lowest BCUT2D eigenvalue weighted by atomic mass is 9.71. The van der Waals surface area contributed by atoms with Gasteiger partial charge in [-0.3, -0.25) is 14.6 Å². The lowest BCUT2D eigenvalue weighted by Gasteiger charge is -2.44. The summed E-state index contributed by atoms with van der Waals surface area (Å²) in [7, 11) is 0. The van der Waals surface area contributed by atoms with Crippen LogP contribution in [0.3, 0.4) is 0 Å². The van der Waals surface area contributed by atoms with Gasteiger partial charge >= 0.3 is 0 Å². The van der Waals surface area contributed by atoms with E-state index in [0.717, 1.165) is 29.7 Å². The average molecular weight is 486 g/mol. The molecule has 3 aromatic rings. The lowest BCUT2D eigenvalue weighted by molar-refractivity contribution is -0.129. The minimum absolute atomic E-state index is 0.00149. The van der Waals surface area contributed by atoms with E-state index in [1.807, 2.05) is 42.3 Å². The van der Waals surface area contributed by atoms with Gasteiger partial charge in [-0.1, -0.05) is 37.3 Å². The van der Waals surface area contributed by atoms with Crippen LogP contribution in [0, 0.1) is 0 Å². The summed E-state index contributed by atoms with van der Waals surface area (Å²) < 4.78 is 6.63. The molecule has 1 spiro atoms. The van der Waals surface area contributed by atoms with Crippen LogP contribution in [0.4, 0.5) is 0 Å². The van der Waals surface area contributed by atoms with Crippen LogP contribution >= 0.6 is 0 Å². The van der Waals surface area contributed by atoms with Crippen LogP contribution in [0.1, 0.15) is 54.6 Å². The summed E-state index contributed by atoms with van der Waals surface area (Å²) in [5.74, 6) is -0.0206. The van der Waals surface area contributed by atoms with Crippen molar-refractivity contribution in [2.24, 2.45) is 0 Å². The van der Waals surface area contributed by atoms with Gasteiger partial charge in [0.2, 0.25) is 11.8 Å². The molecule has 2 aromatic heterocycles. The number of ether oxygens (including phenoxy) is 1. The summed E-state index contributed by atoms with van der Waals surface area (Å²) in [6.45, 7) is 3.49. The van der Waals surface area contributed by atoms with E-state index in [1.54, 1.807) is 30.9 Å². The Morgan fingerprint density at radius 3 is 2.72 bits per heavy atom. The molecule has 8 heteroatoms. The van der Waals surface area contributed by atoms with E-state index in [4.69, 9.17) is 4.74 Å². The smallest absolute Gasteiger partial charge is 0.246 e. The first-order chi connectivity index (χ1) is 17.6. The molecule has 186 valence electrons. The molecular weight excluding hydrogens is 454 g/mol. The molecule has 3 heterocycles. The van der Waals surface area contributed by atoms with Gasteiger partial charge in [-0.15, -0.1) is 0 Å². The van der Waals surface area contributed by atoms with Gasteiger partial charge in [0.1, 0.15) is 0 Å². The Morgan fingerprint density at radius 1 is 1.17 bits per heavy atom. The number of piperidine rings is 1. The van der Waals surface area contributed by atoms with Gasteiger partial charge in [0, 0.05) is 43.4 Å². The molecule has 2 aliphatic rings. The number of benzene rings is 1. The van der Waals surface area contributed by atoms with Gasteiger partial charge in [0.05, 0.1) is 37.0 Å². The quantitative estimate of drug-likeness (QED) is 0.499. The summed E-state index contributed by atoms with van der Waals surface area (Å²) in [6, 6.07) is 12.0. The summed E-state index contributed by atoms with van der Waals surface area (Å²) >= 11 is 0. The normalized spacial score (nSPS) is 20.5. The number of nitrogens with zero attached hydrogens (tertiary/aromatic N) is 3. The zero-order valence-electron chi connectivity index (χ0n) is 20.4. The minimum Gasteiger partial charge on any atom is -0.370 e. The van der Waals surface area contributed by atoms with Crippen molar-refractivity contribution in [2.75, 3.05) is 13.1 Å². The van der Waals surface area contributed by atoms with Crippen LogP contribution in [0.15, 0.2) is 67.4 Å². The number of carbonyl (C=O) groups excluding carboxylic acids is 2. The predicted octanol–water partition coefficient (Wildman–Crippen LogP) is 3.54. The van der Waals surface area contributed by atoms with Crippen molar-refractivity contribution < 1.29 is 14.3 Å². The maximum atomic E-state index is 12.9. The summed E-state index contributed by atoms with van der Waals surface area (Å²) in [5.41, 5.74) is 3.80. The number of carbonyl (C=O) groups is 2. The second-order valence-corrected chi connectivity index (χ2v) is 9.40. The number of nitrogens with one attached hydrogen (secondary N) is 2.